The minimum absolute atomic E-state index is 0.0346. The van der Waals surface area contributed by atoms with Crippen LogP contribution in [0.4, 0.5) is 0 Å². The third-order valence-corrected chi connectivity index (χ3v) is 1.95. The highest BCUT2D eigenvalue weighted by atomic mass is 16.5. The Kier molecular flexibility index (Phi) is 2.82. The van der Waals surface area contributed by atoms with Crippen molar-refractivity contribution in [3.63, 3.8) is 0 Å². The van der Waals surface area contributed by atoms with Crippen molar-refractivity contribution in [2.45, 2.75) is 6.10 Å². The number of allylic oxidation sites excluding steroid dienone is 4. The molecule has 1 aliphatic rings. The fourth-order valence-corrected chi connectivity index (χ4v) is 1.27. The molecule has 0 fully saturated rings. The fourth-order valence-electron chi connectivity index (χ4n) is 1.27. The number of ether oxygens (including phenoxy) is 1. The van der Waals surface area contributed by atoms with Crippen LogP contribution in [0.15, 0.2) is 66.8 Å². The highest BCUT2D eigenvalue weighted by Gasteiger charge is 2.01. The zero-order valence-electron chi connectivity index (χ0n) is 7.84. The van der Waals surface area contributed by atoms with Gasteiger partial charge in [0.05, 0.1) is 0 Å². The zero-order chi connectivity index (χ0) is 9.64. The Morgan fingerprint density at radius 3 is 2.07 bits per heavy atom. The summed E-state index contributed by atoms with van der Waals surface area (Å²) < 4.78 is 5.72. The van der Waals surface area contributed by atoms with Crippen molar-refractivity contribution in [2.24, 2.45) is 0 Å². The van der Waals surface area contributed by atoms with Crippen LogP contribution in [-0.2, 0) is 0 Å². The van der Waals surface area contributed by atoms with Crippen LogP contribution < -0.4 is 4.74 Å². The molecule has 14 heavy (non-hydrogen) atoms. The van der Waals surface area contributed by atoms with E-state index in [2.05, 4.69) is 0 Å². The Balaban J connectivity index is 2.05. The molecule has 1 aliphatic carbocycles. The van der Waals surface area contributed by atoms with Crippen molar-refractivity contribution in [2.75, 3.05) is 0 Å². The van der Waals surface area contributed by atoms with Gasteiger partial charge in [0.25, 0.3) is 0 Å². The van der Waals surface area contributed by atoms with Gasteiger partial charge >= 0.3 is 0 Å². The second-order valence-electron chi connectivity index (χ2n) is 3.05. The van der Waals surface area contributed by atoms with E-state index in [1.165, 1.54) is 0 Å². The molecule has 0 amide bonds. The number of para-hydroxylation sites is 1. The Bertz CT molecular complexity index is 344. The molecule has 1 nitrogen and oxygen atoms in total. The van der Waals surface area contributed by atoms with E-state index in [0.29, 0.717) is 0 Å². The monoisotopic (exact) mass is 184 g/mol. The van der Waals surface area contributed by atoms with Gasteiger partial charge in [-0.25, -0.2) is 0 Å². The summed E-state index contributed by atoms with van der Waals surface area (Å²) in [7, 11) is 0. The predicted molar refractivity (Wildman–Crippen MR) is 58.3 cm³/mol. The Morgan fingerprint density at radius 1 is 0.786 bits per heavy atom. The first-order valence-corrected chi connectivity index (χ1v) is 4.68. The predicted octanol–water partition coefficient (Wildman–Crippen LogP) is 3.12. The van der Waals surface area contributed by atoms with Crippen LogP contribution in [-0.4, -0.2) is 6.10 Å². The Labute approximate surface area is 84.0 Å². The van der Waals surface area contributed by atoms with Crippen molar-refractivity contribution in [1.82, 2.24) is 0 Å². The fraction of sp³-hybridized carbons (Fsp3) is 0.0769. The highest BCUT2D eigenvalue weighted by Crippen LogP contribution is 2.12. The van der Waals surface area contributed by atoms with Crippen LogP contribution in [0.1, 0.15) is 0 Å². The summed E-state index contributed by atoms with van der Waals surface area (Å²) in [5.41, 5.74) is 0. The maximum atomic E-state index is 5.72. The molecule has 0 heterocycles. The number of hydrogen-bond acceptors (Lipinski definition) is 1. The molecule has 0 unspecified atom stereocenters. The van der Waals surface area contributed by atoms with E-state index in [1.54, 1.807) is 0 Å². The van der Waals surface area contributed by atoms with E-state index >= 15 is 0 Å². The van der Waals surface area contributed by atoms with Gasteiger partial charge in [0.15, 0.2) is 0 Å². The van der Waals surface area contributed by atoms with Crippen LogP contribution >= 0.6 is 0 Å². The number of benzene rings is 1. The molecule has 0 saturated carbocycles. The van der Waals surface area contributed by atoms with Gasteiger partial charge in [-0.15, -0.1) is 0 Å². The smallest absolute Gasteiger partial charge is 0.136 e. The van der Waals surface area contributed by atoms with Crippen molar-refractivity contribution >= 4 is 0 Å². The van der Waals surface area contributed by atoms with Crippen molar-refractivity contribution < 1.29 is 4.74 Å². The lowest BCUT2D eigenvalue weighted by molar-refractivity contribution is 0.296. The number of rotatable bonds is 2. The van der Waals surface area contributed by atoms with Crippen LogP contribution in [0.5, 0.6) is 5.75 Å². The molecular weight excluding hydrogens is 172 g/mol. The van der Waals surface area contributed by atoms with Gasteiger partial charge in [-0.05, 0) is 24.3 Å². The Hall–Kier alpha value is -1.76. The average molecular weight is 184 g/mol. The number of hydrogen-bond donors (Lipinski definition) is 0. The lowest BCUT2D eigenvalue weighted by atomic mass is 10.3. The van der Waals surface area contributed by atoms with Gasteiger partial charge in [0, 0.05) is 0 Å². The van der Waals surface area contributed by atoms with Gasteiger partial charge in [-0.1, -0.05) is 42.5 Å². The second-order valence-corrected chi connectivity index (χ2v) is 3.05. The Morgan fingerprint density at radius 2 is 1.43 bits per heavy atom. The molecule has 0 saturated heterocycles. The molecular formula is C13H12O. The summed E-state index contributed by atoms with van der Waals surface area (Å²) in [6.07, 6.45) is 12.0. The molecule has 1 aromatic carbocycles. The lowest BCUT2D eigenvalue weighted by Crippen LogP contribution is -2.09. The van der Waals surface area contributed by atoms with Gasteiger partial charge in [0.1, 0.15) is 11.9 Å². The topological polar surface area (TPSA) is 9.23 Å². The molecule has 1 aromatic rings. The van der Waals surface area contributed by atoms with Crippen LogP contribution in [0.3, 0.4) is 0 Å². The summed E-state index contributed by atoms with van der Waals surface area (Å²) in [6.45, 7) is 0. The third-order valence-electron chi connectivity index (χ3n) is 1.95. The molecule has 0 bridgehead atoms. The van der Waals surface area contributed by atoms with Gasteiger partial charge in [-0.3, -0.25) is 0 Å². The van der Waals surface area contributed by atoms with Gasteiger partial charge < -0.3 is 4.74 Å². The summed E-state index contributed by atoms with van der Waals surface area (Å²) in [5, 5.41) is 0. The summed E-state index contributed by atoms with van der Waals surface area (Å²) in [5.74, 6) is 0.897. The molecule has 2 rings (SSSR count). The normalized spacial score (nSPS) is 15.4. The molecule has 0 spiro atoms. The maximum absolute atomic E-state index is 5.72. The van der Waals surface area contributed by atoms with E-state index in [0.717, 1.165) is 5.75 Å². The van der Waals surface area contributed by atoms with E-state index in [1.807, 2.05) is 66.8 Å². The first-order chi connectivity index (χ1) is 6.95. The van der Waals surface area contributed by atoms with Crippen molar-refractivity contribution in [1.29, 1.82) is 0 Å². The third kappa shape index (κ3) is 2.36. The quantitative estimate of drug-likeness (QED) is 0.686. The minimum atomic E-state index is 0.0346. The SMILES string of the molecule is C1=CC=CC(Oc2ccccc2)C=C1. The minimum Gasteiger partial charge on any atom is -0.482 e. The van der Waals surface area contributed by atoms with E-state index in [-0.39, 0.29) is 6.10 Å². The van der Waals surface area contributed by atoms with Crippen LogP contribution in [0.2, 0.25) is 0 Å². The van der Waals surface area contributed by atoms with Gasteiger partial charge in [-0.2, -0.15) is 0 Å². The first kappa shape index (κ1) is 8.82. The van der Waals surface area contributed by atoms with Gasteiger partial charge in [0.2, 0.25) is 0 Å². The zero-order valence-corrected chi connectivity index (χ0v) is 7.84. The summed E-state index contributed by atoms with van der Waals surface area (Å²) >= 11 is 0. The largest absolute Gasteiger partial charge is 0.482 e. The molecule has 0 radical (unpaired) electrons. The molecule has 0 N–H and O–H groups in total. The summed E-state index contributed by atoms with van der Waals surface area (Å²) in [6, 6.07) is 9.84. The molecule has 0 atom stereocenters. The van der Waals surface area contributed by atoms with Crippen LogP contribution in [0, 0.1) is 0 Å². The van der Waals surface area contributed by atoms with E-state index in [9.17, 15) is 0 Å². The lowest BCUT2D eigenvalue weighted by Gasteiger charge is -2.10. The standard InChI is InChI=1S/C13H12O/c1-2-5-9-12(8-4-1)14-13-10-6-3-7-11-13/h1-12H. The van der Waals surface area contributed by atoms with Crippen LogP contribution in [0.25, 0.3) is 0 Å². The average Bonchev–Trinajstić information content (AvgIpc) is 2.48. The van der Waals surface area contributed by atoms with E-state index < -0.39 is 0 Å². The molecule has 1 heteroatoms. The maximum Gasteiger partial charge on any atom is 0.136 e. The molecule has 0 aromatic heterocycles. The van der Waals surface area contributed by atoms with Crippen molar-refractivity contribution in [3.8, 4) is 5.75 Å². The van der Waals surface area contributed by atoms with E-state index in [4.69, 9.17) is 4.74 Å². The van der Waals surface area contributed by atoms with Crippen molar-refractivity contribution in [3.05, 3.63) is 66.8 Å². The molecule has 70 valence electrons. The first-order valence-electron chi connectivity index (χ1n) is 4.68. The molecule has 0 aliphatic heterocycles. The second kappa shape index (κ2) is 4.47. The summed E-state index contributed by atoms with van der Waals surface area (Å²) in [4.78, 5) is 0. The highest BCUT2D eigenvalue weighted by molar-refractivity contribution is 5.26.